The van der Waals surface area contributed by atoms with Gasteiger partial charge >= 0.3 is 0 Å². The van der Waals surface area contributed by atoms with Gasteiger partial charge in [0.15, 0.2) is 0 Å². The second-order valence-electron chi connectivity index (χ2n) is 8.60. The first kappa shape index (κ1) is 25.9. The van der Waals surface area contributed by atoms with Crippen LogP contribution in [0.25, 0.3) is 0 Å². The van der Waals surface area contributed by atoms with Gasteiger partial charge in [-0.05, 0) is 82.4 Å². The van der Waals surface area contributed by atoms with Crippen LogP contribution in [0.3, 0.4) is 0 Å². The fourth-order valence-corrected chi connectivity index (χ4v) is 4.21. The Hall–Kier alpha value is -2.14. The minimum Gasteiger partial charge on any atom is -0.496 e. The van der Waals surface area contributed by atoms with Gasteiger partial charge in [0.2, 0.25) is 0 Å². The number of likely N-dealkylation sites (N-methyl/N-ethyl adjacent to an activating group) is 1. The summed E-state index contributed by atoms with van der Waals surface area (Å²) in [6, 6.07) is 4.78. The number of rotatable bonds is 6. The van der Waals surface area contributed by atoms with Gasteiger partial charge in [-0.15, -0.1) is 0 Å². The van der Waals surface area contributed by atoms with E-state index in [-0.39, 0.29) is 5.54 Å². The molecule has 1 saturated heterocycles. The average molecular weight is 415 g/mol. The molecule has 5 heteroatoms. The number of nitrogens with one attached hydrogen (secondary N) is 3. The maximum absolute atomic E-state index is 8.49. The normalized spacial score (nSPS) is 20.3. The molecule has 168 valence electrons. The number of nitrogens with zero attached hydrogens (tertiary/aromatic N) is 1. The molecule has 2 atom stereocenters. The summed E-state index contributed by atoms with van der Waals surface area (Å²) in [5.41, 5.74) is 3.49. The summed E-state index contributed by atoms with van der Waals surface area (Å²) in [6.45, 7) is 14.7. The van der Waals surface area contributed by atoms with Crippen molar-refractivity contribution < 1.29 is 4.74 Å². The molecular weight excluding hydrogens is 372 g/mol. The Morgan fingerprint density at radius 2 is 1.90 bits per heavy atom. The van der Waals surface area contributed by atoms with Crippen LogP contribution in [-0.4, -0.2) is 48.2 Å². The van der Waals surface area contributed by atoms with Crippen LogP contribution in [0.4, 0.5) is 0 Å². The molecular formula is C25H42N4O. The molecule has 0 amide bonds. The molecule has 2 rings (SSSR count). The molecule has 0 aliphatic carbocycles. The number of piperidine rings is 1. The Kier molecular flexibility index (Phi) is 9.76. The predicted molar refractivity (Wildman–Crippen MR) is 130 cm³/mol. The number of aryl methyl sites for hydroxylation is 2. The van der Waals surface area contributed by atoms with Crippen molar-refractivity contribution >= 4 is 11.5 Å². The Morgan fingerprint density at radius 1 is 1.27 bits per heavy atom. The number of methoxy groups -OCH3 is 1. The molecule has 1 aliphatic heterocycles. The highest BCUT2D eigenvalue weighted by Crippen LogP contribution is 2.26. The maximum Gasteiger partial charge on any atom is 0.122 e. The summed E-state index contributed by atoms with van der Waals surface area (Å²) in [5, 5.41) is 20.6. The third-order valence-corrected chi connectivity index (χ3v) is 5.64. The van der Waals surface area contributed by atoms with E-state index in [1.165, 1.54) is 0 Å². The monoisotopic (exact) mass is 414 g/mol. The van der Waals surface area contributed by atoms with Gasteiger partial charge in [-0.2, -0.15) is 0 Å². The summed E-state index contributed by atoms with van der Waals surface area (Å²) >= 11 is 0. The van der Waals surface area contributed by atoms with E-state index in [1.54, 1.807) is 19.3 Å². The smallest absolute Gasteiger partial charge is 0.122 e. The number of allylic oxidation sites excluding steroid dienone is 1. The number of amidine groups is 1. The van der Waals surface area contributed by atoms with Crippen molar-refractivity contribution in [2.75, 3.05) is 14.2 Å². The van der Waals surface area contributed by atoms with Crippen molar-refractivity contribution in [1.29, 1.82) is 10.8 Å². The Morgan fingerprint density at radius 3 is 2.43 bits per heavy atom. The zero-order chi connectivity index (χ0) is 23.1. The number of hydrogen-bond donors (Lipinski definition) is 3. The zero-order valence-corrected chi connectivity index (χ0v) is 20.4. The number of hydrogen-bond acceptors (Lipinski definition) is 4. The lowest BCUT2D eigenvalue weighted by molar-refractivity contribution is 0.164. The number of ether oxygens (including phenoxy) is 1. The first-order chi connectivity index (χ1) is 14.1. The van der Waals surface area contributed by atoms with E-state index in [1.807, 2.05) is 44.9 Å². The topological polar surface area (TPSA) is 72.2 Å². The molecule has 2 unspecified atom stereocenters. The largest absolute Gasteiger partial charge is 0.496 e. The van der Waals surface area contributed by atoms with Crippen molar-refractivity contribution in [1.82, 2.24) is 10.2 Å². The average Bonchev–Trinajstić information content (AvgIpc) is 2.70. The summed E-state index contributed by atoms with van der Waals surface area (Å²) < 4.78 is 5.44. The molecule has 1 aliphatic rings. The Labute approximate surface area is 183 Å². The molecule has 0 bridgehead atoms. The van der Waals surface area contributed by atoms with Gasteiger partial charge in [-0.3, -0.25) is 5.41 Å². The molecule has 0 saturated carbocycles. The fourth-order valence-electron chi connectivity index (χ4n) is 4.21. The van der Waals surface area contributed by atoms with Gasteiger partial charge in [0, 0.05) is 30.2 Å². The lowest BCUT2D eigenvalue weighted by Gasteiger charge is -2.44. The predicted octanol–water partition coefficient (Wildman–Crippen LogP) is 5.34. The quantitative estimate of drug-likeness (QED) is 0.434. The molecule has 30 heavy (non-hydrogen) atoms. The molecule has 1 heterocycles. The van der Waals surface area contributed by atoms with Crippen LogP contribution in [0.2, 0.25) is 0 Å². The van der Waals surface area contributed by atoms with E-state index in [0.29, 0.717) is 23.6 Å². The van der Waals surface area contributed by atoms with E-state index in [0.717, 1.165) is 41.7 Å². The van der Waals surface area contributed by atoms with Crippen molar-refractivity contribution in [3.8, 4) is 5.75 Å². The minimum absolute atomic E-state index is 0.0735. The van der Waals surface area contributed by atoms with Crippen LogP contribution >= 0.6 is 0 Å². The van der Waals surface area contributed by atoms with Crippen LogP contribution in [0.5, 0.6) is 5.75 Å². The van der Waals surface area contributed by atoms with Crippen LogP contribution < -0.4 is 10.1 Å². The highest BCUT2D eigenvalue weighted by atomic mass is 16.5. The molecule has 1 aromatic carbocycles. The van der Waals surface area contributed by atoms with Crippen molar-refractivity contribution in [2.45, 2.75) is 85.4 Å². The SMILES string of the molecule is CC.CCc1cc(C(=N)/C=C\C(=N)N(C)C2CC(C)NC(C)(C)C2)c(C)cc1OC. The molecule has 0 spiro atoms. The Bertz CT molecular complexity index is 767. The lowest BCUT2D eigenvalue weighted by Crippen LogP contribution is -2.56. The summed E-state index contributed by atoms with van der Waals surface area (Å²) in [7, 11) is 3.67. The highest BCUT2D eigenvalue weighted by molar-refractivity contribution is 6.10. The molecule has 5 nitrogen and oxygen atoms in total. The first-order valence-electron chi connectivity index (χ1n) is 11.1. The van der Waals surface area contributed by atoms with Crippen molar-refractivity contribution in [3.63, 3.8) is 0 Å². The minimum atomic E-state index is 0.0735. The highest BCUT2D eigenvalue weighted by Gasteiger charge is 2.33. The second-order valence-corrected chi connectivity index (χ2v) is 8.60. The van der Waals surface area contributed by atoms with E-state index in [4.69, 9.17) is 15.6 Å². The fraction of sp³-hybridized carbons (Fsp3) is 0.600. The van der Waals surface area contributed by atoms with E-state index in [2.05, 4.69) is 33.0 Å². The second kappa shape index (κ2) is 11.3. The summed E-state index contributed by atoms with van der Waals surface area (Å²) in [6.07, 6.45) is 6.36. The molecule has 1 fully saturated rings. The van der Waals surface area contributed by atoms with Crippen molar-refractivity contribution in [3.05, 3.63) is 41.0 Å². The molecule has 0 aromatic heterocycles. The van der Waals surface area contributed by atoms with Crippen LogP contribution in [0.1, 0.15) is 71.1 Å². The molecule has 3 N–H and O–H groups in total. The first-order valence-corrected chi connectivity index (χ1v) is 11.1. The van der Waals surface area contributed by atoms with E-state index >= 15 is 0 Å². The van der Waals surface area contributed by atoms with Crippen molar-refractivity contribution in [2.24, 2.45) is 0 Å². The van der Waals surface area contributed by atoms with Gasteiger partial charge in [0.1, 0.15) is 11.6 Å². The summed E-state index contributed by atoms with van der Waals surface area (Å²) in [5.74, 6) is 1.32. The third kappa shape index (κ3) is 6.69. The van der Waals surface area contributed by atoms with Gasteiger partial charge in [-0.25, -0.2) is 0 Å². The molecule has 0 radical (unpaired) electrons. The zero-order valence-electron chi connectivity index (χ0n) is 20.4. The van der Waals surface area contributed by atoms with E-state index in [9.17, 15) is 0 Å². The van der Waals surface area contributed by atoms with Crippen LogP contribution in [0, 0.1) is 17.7 Å². The van der Waals surface area contributed by atoms with Gasteiger partial charge in [0.05, 0.1) is 12.8 Å². The lowest BCUT2D eigenvalue weighted by atomic mass is 9.85. The third-order valence-electron chi connectivity index (χ3n) is 5.64. The van der Waals surface area contributed by atoms with Gasteiger partial charge in [-0.1, -0.05) is 20.8 Å². The van der Waals surface area contributed by atoms with Crippen LogP contribution in [0.15, 0.2) is 24.3 Å². The molecule has 1 aromatic rings. The standard InChI is InChI=1S/C23H36N4O.C2H6/c1-8-17-13-19(15(2)11-21(17)28-7)20(24)9-10-22(25)27(6)18-12-16(3)26-23(4,5)14-18;1-2/h9-11,13,16,18,24-26H,8,12,14H2,1-7H3;1-2H3/b10-9-,24-20?,25-22?;. The van der Waals surface area contributed by atoms with Crippen LogP contribution in [-0.2, 0) is 6.42 Å². The maximum atomic E-state index is 8.49. The number of benzene rings is 1. The van der Waals surface area contributed by atoms with Gasteiger partial charge < -0.3 is 20.4 Å². The summed E-state index contributed by atoms with van der Waals surface area (Å²) in [4.78, 5) is 2.04. The van der Waals surface area contributed by atoms with E-state index < -0.39 is 0 Å². The Balaban J connectivity index is 0.00000218. The van der Waals surface area contributed by atoms with Gasteiger partial charge in [0.25, 0.3) is 0 Å².